The van der Waals surface area contributed by atoms with Crippen molar-refractivity contribution in [2.45, 2.75) is 63.6 Å². The number of carbonyl (C=O) groups excluding carboxylic acids is 1. The van der Waals surface area contributed by atoms with E-state index in [0.29, 0.717) is 12.8 Å². The lowest BCUT2D eigenvalue weighted by Crippen LogP contribution is -2.53. The minimum Gasteiger partial charge on any atom is -0.390 e. The Bertz CT molecular complexity index is 358. The van der Waals surface area contributed by atoms with E-state index in [-0.39, 0.29) is 5.91 Å². The molecule has 0 unspecified atom stereocenters. The van der Waals surface area contributed by atoms with Crippen LogP contribution in [0.2, 0.25) is 0 Å². The molecule has 1 rings (SSSR count). The van der Waals surface area contributed by atoms with Crippen molar-refractivity contribution >= 4 is 5.91 Å². The Morgan fingerprint density at radius 3 is 2.81 bits per heavy atom. The molecule has 0 aromatic carbocycles. The summed E-state index contributed by atoms with van der Waals surface area (Å²) in [6.45, 7) is 7.14. The molecule has 1 N–H and O–H groups in total. The maximum atomic E-state index is 12.2. The van der Waals surface area contributed by atoms with Gasteiger partial charge in [0.15, 0.2) is 5.79 Å². The lowest BCUT2D eigenvalue weighted by Gasteiger charge is -2.42. The Labute approximate surface area is 126 Å². The number of unbranched alkanes of at least 4 members (excludes halogenated alkanes) is 1. The van der Waals surface area contributed by atoms with Crippen molar-refractivity contribution in [1.82, 2.24) is 5.06 Å². The highest BCUT2D eigenvalue weighted by Gasteiger charge is 2.42. The van der Waals surface area contributed by atoms with E-state index in [1.165, 1.54) is 14.2 Å². The molecule has 122 valence electrons. The Morgan fingerprint density at radius 1 is 1.57 bits per heavy atom. The topological polar surface area (TPSA) is 68.2 Å². The van der Waals surface area contributed by atoms with Gasteiger partial charge in [0.05, 0.1) is 19.3 Å². The summed E-state index contributed by atoms with van der Waals surface area (Å²) in [7, 11) is 2.95. The van der Waals surface area contributed by atoms with E-state index in [0.717, 1.165) is 17.9 Å². The fourth-order valence-electron chi connectivity index (χ4n) is 2.38. The van der Waals surface area contributed by atoms with Gasteiger partial charge in [-0.15, -0.1) is 6.58 Å². The molecule has 1 aliphatic heterocycles. The van der Waals surface area contributed by atoms with Crippen molar-refractivity contribution in [2.24, 2.45) is 0 Å². The minimum atomic E-state index is -0.919. The summed E-state index contributed by atoms with van der Waals surface area (Å²) in [4.78, 5) is 17.1. The van der Waals surface area contributed by atoms with Gasteiger partial charge in [-0.3, -0.25) is 9.63 Å². The molecule has 3 atom stereocenters. The van der Waals surface area contributed by atoms with Crippen molar-refractivity contribution in [1.29, 1.82) is 0 Å². The second-order valence-corrected chi connectivity index (χ2v) is 5.70. The van der Waals surface area contributed by atoms with Crippen LogP contribution >= 0.6 is 0 Å². The Kier molecular flexibility index (Phi) is 6.80. The average Bonchev–Trinajstić information content (AvgIpc) is 2.44. The molecule has 0 aliphatic carbocycles. The summed E-state index contributed by atoms with van der Waals surface area (Å²) in [5.41, 5.74) is 0. The van der Waals surface area contributed by atoms with Crippen LogP contribution in [0.3, 0.4) is 0 Å². The normalized spacial score (nSPS) is 26.1. The number of allylic oxidation sites excluding steroid dienone is 1. The molecule has 1 amide bonds. The van der Waals surface area contributed by atoms with Gasteiger partial charge in [0, 0.05) is 13.5 Å². The number of aliphatic hydroxyl groups is 1. The first-order valence-electron chi connectivity index (χ1n) is 7.27. The van der Waals surface area contributed by atoms with Crippen LogP contribution in [-0.2, 0) is 19.1 Å². The number of rotatable bonds is 7. The molecule has 6 heteroatoms. The van der Waals surface area contributed by atoms with E-state index in [9.17, 15) is 9.90 Å². The Hall–Kier alpha value is -0.950. The van der Waals surface area contributed by atoms with Crippen LogP contribution in [0.5, 0.6) is 0 Å². The van der Waals surface area contributed by atoms with Crippen molar-refractivity contribution in [2.75, 3.05) is 14.2 Å². The molecule has 0 saturated carbocycles. The van der Waals surface area contributed by atoms with E-state index in [2.05, 4.69) is 6.58 Å². The summed E-state index contributed by atoms with van der Waals surface area (Å²) >= 11 is 0. The fourth-order valence-corrected chi connectivity index (χ4v) is 2.38. The van der Waals surface area contributed by atoms with Gasteiger partial charge in [-0.05, 0) is 33.1 Å². The smallest absolute Gasteiger partial charge is 0.275 e. The van der Waals surface area contributed by atoms with Crippen molar-refractivity contribution in [3.63, 3.8) is 0 Å². The molecule has 0 spiro atoms. The van der Waals surface area contributed by atoms with Gasteiger partial charge < -0.3 is 14.6 Å². The monoisotopic (exact) mass is 301 g/mol. The molecule has 6 nitrogen and oxygen atoms in total. The number of nitrogens with zero attached hydrogens (tertiary/aromatic N) is 1. The number of aliphatic hydroxyl groups excluding tert-OH is 1. The molecule has 1 aliphatic rings. The third kappa shape index (κ3) is 5.39. The predicted octanol–water partition coefficient (Wildman–Crippen LogP) is 1.63. The van der Waals surface area contributed by atoms with Crippen LogP contribution in [0.25, 0.3) is 0 Å². The van der Waals surface area contributed by atoms with Crippen LogP contribution < -0.4 is 0 Å². The SMILES string of the molecule is C=CCCC[C@@H](O)[C@H]1C[C@H](C(=O)N(C)OC)OC(C)(C)O1. The molecular formula is C15H27NO5. The standard InChI is InChI=1S/C15H27NO5/c1-6-7-8-9-11(17)12-10-13(14(18)16(4)19-5)21-15(2,3)20-12/h6,11-13,17H,1,7-10H2,2-5H3/t11-,12-,13-/m1/s1. The quantitative estimate of drug-likeness (QED) is 0.440. The number of hydrogen-bond donors (Lipinski definition) is 1. The Balaban J connectivity index is 2.69. The molecule has 0 aromatic heterocycles. The summed E-state index contributed by atoms with van der Waals surface area (Å²) in [6, 6.07) is 0. The first-order valence-corrected chi connectivity index (χ1v) is 7.27. The lowest BCUT2D eigenvalue weighted by molar-refractivity contribution is -0.311. The van der Waals surface area contributed by atoms with Gasteiger partial charge in [0.1, 0.15) is 6.10 Å². The van der Waals surface area contributed by atoms with Crippen molar-refractivity contribution in [3.8, 4) is 0 Å². The zero-order valence-corrected chi connectivity index (χ0v) is 13.4. The number of hydroxylamine groups is 2. The van der Waals surface area contributed by atoms with Crippen LogP contribution in [-0.4, -0.2) is 54.3 Å². The summed E-state index contributed by atoms with van der Waals surface area (Å²) in [6.07, 6.45) is 2.67. The summed E-state index contributed by atoms with van der Waals surface area (Å²) < 4.78 is 11.4. The third-order valence-corrected chi connectivity index (χ3v) is 3.50. The first kappa shape index (κ1) is 18.1. The van der Waals surface area contributed by atoms with E-state index >= 15 is 0 Å². The molecule has 1 fully saturated rings. The molecular weight excluding hydrogens is 274 g/mol. The maximum Gasteiger partial charge on any atom is 0.275 e. The molecule has 0 bridgehead atoms. The van der Waals surface area contributed by atoms with Gasteiger partial charge >= 0.3 is 0 Å². The van der Waals surface area contributed by atoms with Crippen LogP contribution in [0.1, 0.15) is 39.5 Å². The third-order valence-electron chi connectivity index (χ3n) is 3.50. The van der Waals surface area contributed by atoms with Gasteiger partial charge in [-0.25, -0.2) is 5.06 Å². The number of likely N-dealkylation sites (N-methyl/N-ethyl adjacent to an activating group) is 1. The van der Waals surface area contributed by atoms with Gasteiger partial charge in [0.2, 0.25) is 0 Å². The van der Waals surface area contributed by atoms with Gasteiger partial charge in [-0.2, -0.15) is 0 Å². The van der Waals surface area contributed by atoms with Gasteiger partial charge in [0.25, 0.3) is 5.91 Å². The second-order valence-electron chi connectivity index (χ2n) is 5.70. The highest BCUT2D eigenvalue weighted by atomic mass is 16.7. The van der Waals surface area contributed by atoms with Crippen LogP contribution in [0, 0.1) is 0 Å². The highest BCUT2D eigenvalue weighted by molar-refractivity contribution is 5.79. The molecule has 1 heterocycles. The van der Waals surface area contributed by atoms with E-state index in [4.69, 9.17) is 14.3 Å². The summed E-state index contributed by atoms with van der Waals surface area (Å²) in [5.74, 6) is -1.20. The van der Waals surface area contributed by atoms with Crippen molar-refractivity contribution in [3.05, 3.63) is 12.7 Å². The molecule has 0 aromatic rings. The Morgan fingerprint density at radius 2 is 2.24 bits per heavy atom. The average molecular weight is 301 g/mol. The van der Waals surface area contributed by atoms with E-state index in [1.807, 2.05) is 6.08 Å². The lowest BCUT2D eigenvalue weighted by atomic mass is 9.99. The number of carbonyl (C=O) groups is 1. The van der Waals surface area contributed by atoms with Crippen LogP contribution in [0.15, 0.2) is 12.7 Å². The highest BCUT2D eigenvalue weighted by Crippen LogP contribution is 2.30. The minimum absolute atomic E-state index is 0.280. The molecule has 0 radical (unpaired) electrons. The predicted molar refractivity (Wildman–Crippen MR) is 78.3 cm³/mol. The van der Waals surface area contributed by atoms with Crippen LogP contribution in [0.4, 0.5) is 0 Å². The molecule has 1 saturated heterocycles. The summed E-state index contributed by atoms with van der Waals surface area (Å²) in [5, 5.41) is 11.4. The number of amides is 1. The zero-order chi connectivity index (χ0) is 16.0. The van der Waals surface area contributed by atoms with E-state index in [1.54, 1.807) is 13.8 Å². The molecule has 21 heavy (non-hydrogen) atoms. The van der Waals surface area contributed by atoms with E-state index < -0.39 is 24.1 Å². The zero-order valence-electron chi connectivity index (χ0n) is 13.4. The maximum absolute atomic E-state index is 12.2. The van der Waals surface area contributed by atoms with Gasteiger partial charge in [-0.1, -0.05) is 6.08 Å². The second kappa shape index (κ2) is 7.89. The number of hydrogen-bond acceptors (Lipinski definition) is 5. The largest absolute Gasteiger partial charge is 0.390 e. The van der Waals surface area contributed by atoms with Crippen molar-refractivity contribution < 1.29 is 24.2 Å². The first-order chi connectivity index (χ1) is 9.80. The fraction of sp³-hybridized carbons (Fsp3) is 0.800. The number of ether oxygens (including phenoxy) is 2.